The molecule has 2 heterocycles. The van der Waals surface area contributed by atoms with Gasteiger partial charge in [-0.25, -0.2) is 9.18 Å². The number of halogens is 2. The number of carboxylic acids is 1. The van der Waals surface area contributed by atoms with Crippen molar-refractivity contribution in [1.82, 2.24) is 10.2 Å². The van der Waals surface area contributed by atoms with E-state index in [-0.39, 0.29) is 0 Å². The third-order valence-corrected chi connectivity index (χ3v) is 7.31. The van der Waals surface area contributed by atoms with Gasteiger partial charge in [-0.1, -0.05) is 35.5 Å². The Balaban J connectivity index is 1.65. The molecule has 0 aliphatic carbocycles. The van der Waals surface area contributed by atoms with Gasteiger partial charge >= 0.3 is 12.0 Å². The molecule has 1 saturated heterocycles. The number of fused-ring (bicyclic) bond motifs is 2. The number of alkyl halides is 1. The van der Waals surface area contributed by atoms with Crippen molar-refractivity contribution in [2.45, 2.75) is 47.6 Å². The first kappa shape index (κ1) is 25.0. The number of ketones is 1. The second-order valence-electron chi connectivity index (χ2n) is 8.26. The summed E-state index contributed by atoms with van der Waals surface area (Å²) in [5.41, 5.74) is 1.24. The van der Waals surface area contributed by atoms with Crippen LogP contribution in [-0.4, -0.2) is 59.0 Å². The molecule has 2 atom stereocenters. The summed E-state index contributed by atoms with van der Waals surface area (Å²) in [6.07, 6.45) is 0.924. The second-order valence-corrected chi connectivity index (χ2v) is 9.78. The summed E-state index contributed by atoms with van der Waals surface area (Å²) in [4.78, 5) is 54.7. The van der Waals surface area contributed by atoms with Crippen LogP contribution in [0.5, 0.6) is 0 Å². The minimum atomic E-state index is -1.50. The Morgan fingerprint density at radius 1 is 1.11 bits per heavy atom. The molecule has 184 valence electrons. The van der Waals surface area contributed by atoms with E-state index in [4.69, 9.17) is 16.7 Å². The van der Waals surface area contributed by atoms with Gasteiger partial charge in [0.05, 0.1) is 17.8 Å². The van der Waals surface area contributed by atoms with Gasteiger partial charge in [-0.3, -0.25) is 19.3 Å². The average Bonchev–Trinajstić information content (AvgIpc) is 2.85. The first-order chi connectivity index (χ1) is 16.8. The SMILES string of the molecule is O=C(O)CC(NC(=O)[C@@H]1CCCCN1C(=O)N1c2ccccc2Sc2ccc(Cl)cc21)C(=O)CF. The molecular formula is C24H23ClFN3O5S. The van der Waals surface area contributed by atoms with Crippen LogP contribution in [0.1, 0.15) is 25.7 Å². The van der Waals surface area contributed by atoms with Gasteiger partial charge in [0, 0.05) is 21.4 Å². The molecule has 1 unspecified atom stereocenters. The van der Waals surface area contributed by atoms with Crippen LogP contribution in [0, 0.1) is 0 Å². The highest BCUT2D eigenvalue weighted by Crippen LogP contribution is 2.49. The first-order valence-corrected chi connectivity index (χ1v) is 12.3. The zero-order valence-electron chi connectivity index (χ0n) is 18.6. The summed E-state index contributed by atoms with van der Waals surface area (Å²) in [6.45, 7) is -1.11. The predicted octanol–water partition coefficient (Wildman–Crippen LogP) is 4.42. The number of benzene rings is 2. The van der Waals surface area contributed by atoms with Gasteiger partial charge < -0.3 is 15.3 Å². The summed E-state index contributed by atoms with van der Waals surface area (Å²) in [5.74, 6) is -3.05. The molecule has 0 aromatic heterocycles. The molecule has 11 heteroatoms. The molecule has 35 heavy (non-hydrogen) atoms. The number of likely N-dealkylation sites (tertiary alicyclic amines) is 1. The number of nitrogens with one attached hydrogen (secondary N) is 1. The van der Waals surface area contributed by atoms with E-state index in [1.165, 1.54) is 21.6 Å². The zero-order valence-corrected chi connectivity index (χ0v) is 20.2. The summed E-state index contributed by atoms with van der Waals surface area (Å²) >= 11 is 7.75. The van der Waals surface area contributed by atoms with Crippen molar-refractivity contribution in [3.63, 3.8) is 0 Å². The number of hydrogen-bond acceptors (Lipinski definition) is 5. The topological polar surface area (TPSA) is 107 Å². The standard InChI is InChI=1S/C24H23ClFN3O5S/c25-14-8-9-21-18(11-14)29(16-5-1-2-7-20(16)35-21)24(34)28-10-4-3-6-17(28)23(33)27-15(12-22(31)32)19(30)13-26/h1-2,5,7-9,11,15,17H,3-4,6,10,12-13H2,(H,27,33)(H,31,32)/t15?,17-/m0/s1. The van der Waals surface area contributed by atoms with Crippen LogP contribution < -0.4 is 10.2 Å². The number of hydrogen-bond donors (Lipinski definition) is 2. The van der Waals surface area contributed by atoms with E-state index >= 15 is 0 Å². The van der Waals surface area contributed by atoms with Crippen molar-refractivity contribution in [1.29, 1.82) is 0 Å². The van der Waals surface area contributed by atoms with Gasteiger partial charge in [0.15, 0.2) is 5.78 Å². The van der Waals surface area contributed by atoms with Gasteiger partial charge in [-0.2, -0.15) is 0 Å². The van der Waals surface area contributed by atoms with E-state index in [2.05, 4.69) is 5.32 Å². The van der Waals surface area contributed by atoms with Gasteiger partial charge in [-0.15, -0.1) is 0 Å². The normalized spacial score (nSPS) is 17.7. The number of para-hydroxylation sites is 1. The van der Waals surface area contributed by atoms with E-state index in [1.54, 1.807) is 12.1 Å². The minimum absolute atomic E-state index is 0.291. The highest BCUT2D eigenvalue weighted by Gasteiger charge is 2.39. The lowest BCUT2D eigenvalue weighted by molar-refractivity contribution is -0.140. The fraction of sp³-hybridized carbons (Fsp3) is 0.333. The number of carboxylic acid groups (broad SMARTS) is 1. The highest BCUT2D eigenvalue weighted by molar-refractivity contribution is 7.99. The number of aliphatic carboxylic acids is 1. The van der Waals surface area contributed by atoms with Crippen LogP contribution in [0.25, 0.3) is 0 Å². The van der Waals surface area contributed by atoms with Crippen molar-refractivity contribution in [2.75, 3.05) is 18.1 Å². The van der Waals surface area contributed by atoms with Crippen LogP contribution >= 0.6 is 23.4 Å². The quantitative estimate of drug-likeness (QED) is 0.585. The Hall–Kier alpha value is -3.11. The molecule has 0 radical (unpaired) electrons. The molecule has 4 rings (SSSR count). The number of amides is 3. The molecule has 8 nitrogen and oxygen atoms in total. The first-order valence-electron chi connectivity index (χ1n) is 11.1. The molecule has 2 aromatic carbocycles. The summed E-state index contributed by atoms with van der Waals surface area (Å²) in [5, 5.41) is 11.9. The highest BCUT2D eigenvalue weighted by atomic mass is 35.5. The average molecular weight is 520 g/mol. The number of anilines is 2. The van der Waals surface area contributed by atoms with Crippen LogP contribution in [0.2, 0.25) is 5.02 Å². The molecule has 0 bridgehead atoms. The summed E-state index contributed by atoms with van der Waals surface area (Å²) < 4.78 is 13.0. The lowest BCUT2D eigenvalue weighted by Crippen LogP contribution is -2.57. The Bertz CT molecular complexity index is 1180. The summed E-state index contributed by atoms with van der Waals surface area (Å²) in [7, 11) is 0. The molecule has 2 aliphatic heterocycles. The number of nitrogens with zero attached hydrogens (tertiary/aromatic N) is 2. The Labute approximate surface area is 210 Å². The van der Waals surface area contributed by atoms with Gasteiger partial charge in [0.25, 0.3) is 0 Å². The van der Waals surface area contributed by atoms with Crippen molar-refractivity contribution in [3.8, 4) is 0 Å². The molecule has 1 fully saturated rings. The summed E-state index contributed by atoms with van der Waals surface area (Å²) in [6, 6.07) is 9.78. The smallest absolute Gasteiger partial charge is 0.329 e. The Kier molecular flexibility index (Phi) is 7.61. The Morgan fingerprint density at radius 2 is 1.86 bits per heavy atom. The van der Waals surface area contributed by atoms with Crippen LogP contribution in [-0.2, 0) is 14.4 Å². The third-order valence-electron chi connectivity index (χ3n) is 5.95. The van der Waals surface area contributed by atoms with Crippen molar-refractivity contribution >= 4 is 58.4 Å². The minimum Gasteiger partial charge on any atom is -0.481 e. The van der Waals surface area contributed by atoms with Crippen LogP contribution in [0.4, 0.5) is 20.6 Å². The molecule has 0 spiro atoms. The van der Waals surface area contributed by atoms with Gasteiger partial charge in [0.1, 0.15) is 18.8 Å². The number of Topliss-reactive ketones (excluding diaryl/α,β-unsaturated/α-hetero) is 1. The number of rotatable bonds is 6. The lowest BCUT2D eigenvalue weighted by Gasteiger charge is -2.40. The number of carbonyl (C=O) groups excluding carboxylic acids is 3. The maximum atomic E-state index is 14.0. The number of carbonyl (C=O) groups is 4. The van der Waals surface area contributed by atoms with Crippen LogP contribution in [0.3, 0.4) is 0 Å². The molecule has 2 N–H and O–H groups in total. The molecule has 2 aromatic rings. The van der Waals surface area contributed by atoms with Crippen molar-refractivity contribution in [2.24, 2.45) is 0 Å². The van der Waals surface area contributed by atoms with E-state index in [0.29, 0.717) is 42.2 Å². The van der Waals surface area contributed by atoms with Gasteiger partial charge in [0.2, 0.25) is 5.91 Å². The lowest BCUT2D eigenvalue weighted by atomic mass is 10.0. The molecule has 0 saturated carbocycles. The Morgan fingerprint density at radius 3 is 2.60 bits per heavy atom. The van der Waals surface area contributed by atoms with E-state index in [1.807, 2.05) is 30.3 Å². The fourth-order valence-corrected chi connectivity index (χ4v) is 5.48. The van der Waals surface area contributed by atoms with Crippen LogP contribution in [0.15, 0.2) is 52.3 Å². The maximum absolute atomic E-state index is 14.0. The fourth-order valence-electron chi connectivity index (χ4n) is 4.28. The van der Waals surface area contributed by atoms with E-state index < -0.39 is 48.9 Å². The van der Waals surface area contributed by atoms with E-state index in [9.17, 15) is 23.6 Å². The van der Waals surface area contributed by atoms with Crippen molar-refractivity contribution in [3.05, 3.63) is 47.5 Å². The molecule has 3 amide bonds. The number of urea groups is 1. The second kappa shape index (κ2) is 10.7. The largest absolute Gasteiger partial charge is 0.481 e. The van der Waals surface area contributed by atoms with Crippen molar-refractivity contribution < 1.29 is 28.7 Å². The maximum Gasteiger partial charge on any atom is 0.329 e. The molecular weight excluding hydrogens is 497 g/mol. The number of piperidine rings is 1. The van der Waals surface area contributed by atoms with E-state index in [0.717, 1.165) is 9.79 Å². The molecule has 2 aliphatic rings. The predicted molar refractivity (Wildman–Crippen MR) is 129 cm³/mol. The zero-order chi connectivity index (χ0) is 25.1. The monoisotopic (exact) mass is 519 g/mol. The van der Waals surface area contributed by atoms with Gasteiger partial charge in [-0.05, 0) is 49.6 Å². The third kappa shape index (κ3) is 5.28.